The van der Waals surface area contributed by atoms with E-state index >= 15 is 0 Å². The molecule has 0 aliphatic rings. The van der Waals surface area contributed by atoms with Gasteiger partial charge in [-0.3, -0.25) is 19.2 Å². The maximum absolute atomic E-state index is 12.9. The number of hydrogen-bond donors (Lipinski definition) is 1. The zero-order valence-electron chi connectivity index (χ0n) is 15.5. The Morgan fingerprint density at radius 1 is 1.25 bits per heavy atom. The van der Waals surface area contributed by atoms with Crippen LogP contribution in [0, 0.1) is 17.0 Å². The third-order valence-electron chi connectivity index (χ3n) is 4.04. The lowest BCUT2D eigenvalue weighted by Crippen LogP contribution is -2.47. The van der Waals surface area contributed by atoms with Gasteiger partial charge in [0, 0.05) is 12.1 Å². The Morgan fingerprint density at radius 2 is 1.86 bits per heavy atom. The number of anilines is 2. The van der Waals surface area contributed by atoms with Crippen molar-refractivity contribution in [2.45, 2.75) is 26.3 Å². The number of nitro groups is 1. The molecule has 2 aromatic rings. The van der Waals surface area contributed by atoms with Crippen LogP contribution in [0.5, 0.6) is 0 Å². The Balaban J connectivity index is 2.41. The molecule has 1 unspecified atom stereocenters. The number of non-ortho nitro benzene ring substituents is 1. The van der Waals surface area contributed by atoms with Gasteiger partial charge in [0.15, 0.2) is 0 Å². The van der Waals surface area contributed by atoms with Gasteiger partial charge in [0.05, 0.1) is 27.6 Å². The first-order valence-electron chi connectivity index (χ1n) is 8.35. The number of nitrogens with zero attached hydrogens (tertiary/aromatic N) is 2. The standard InChI is InChI=1S/C18H20ClN3O5S/c1-4-17(21(28(3,26)27)13-7-5-12(2)6-8-13)18(23)20-16-11-14(22(24)25)9-10-15(16)19/h5-11,17H,4H2,1-3H3,(H,20,23). The lowest BCUT2D eigenvalue weighted by Gasteiger charge is -2.30. The van der Waals surface area contributed by atoms with Crippen LogP contribution in [-0.2, 0) is 14.8 Å². The van der Waals surface area contributed by atoms with Gasteiger partial charge < -0.3 is 5.32 Å². The van der Waals surface area contributed by atoms with Crippen LogP contribution in [-0.4, -0.2) is 31.5 Å². The molecule has 0 fully saturated rings. The number of nitrogens with one attached hydrogen (secondary N) is 1. The molecule has 0 aliphatic carbocycles. The number of amides is 1. The van der Waals surface area contributed by atoms with Gasteiger partial charge in [0.2, 0.25) is 15.9 Å². The first kappa shape index (κ1) is 21.6. The summed E-state index contributed by atoms with van der Waals surface area (Å²) >= 11 is 6.03. The highest BCUT2D eigenvalue weighted by molar-refractivity contribution is 7.92. The van der Waals surface area contributed by atoms with Crippen molar-refractivity contribution in [3.63, 3.8) is 0 Å². The zero-order valence-corrected chi connectivity index (χ0v) is 17.1. The van der Waals surface area contributed by atoms with E-state index in [1.54, 1.807) is 31.2 Å². The second-order valence-corrected chi connectivity index (χ2v) is 8.50. The van der Waals surface area contributed by atoms with Gasteiger partial charge in [-0.25, -0.2) is 8.42 Å². The van der Waals surface area contributed by atoms with Crippen LogP contribution >= 0.6 is 11.6 Å². The number of benzene rings is 2. The van der Waals surface area contributed by atoms with E-state index in [9.17, 15) is 23.3 Å². The largest absolute Gasteiger partial charge is 0.323 e. The summed E-state index contributed by atoms with van der Waals surface area (Å²) in [5, 5.41) is 13.6. The minimum Gasteiger partial charge on any atom is -0.323 e. The molecule has 8 nitrogen and oxygen atoms in total. The summed E-state index contributed by atoms with van der Waals surface area (Å²) in [7, 11) is -3.78. The average Bonchev–Trinajstić information content (AvgIpc) is 2.61. The number of rotatable bonds is 7. The summed E-state index contributed by atoms with van der Waals surface area (Å²) < 4.78 is 25.9. The molecule has 1 atom stereocenters. The Hall–Kier alpha value is -2.65. The van der Waals surface area contributed by atoms with Crippen LogP contribution in [0.3, 0.4) is 0 Å². The molecule has 0 bridgehead atoms. The maximum Gasteiger partial charge on any atom is 0.271 e. The topological polar surface area (TPSA) is 110 Å². The zero-order chi connectivity index (χ0) is 21.1. The van der Waals surface area contributed by atoms with Gasteiger partial charge in [0.25, 0.3) is 5.69 Å². The molecule has 28 heavy (non-hydrogen) atoms. The van der Waals surface area contributed by atoms with E-state index in [1.807, 2.05) is 6.92 Å². The predicted octanol–water partition coefficient (Wildman–Crippen LogP) is 3.74. The van der Waals surface area contributed by atoms with Crippen molar-refractivity contribution in [1.82, 2.24) is 0 Å². The fourth-order valence-corrected chi connectivity index (χ4v) is 4.07. The van der Waals surface area contributed by atoms with Crippen LogP contribution in [0.25, 0.3) is 0 Å². The van der Waals surface area contributed by atoms with Crippen molar-refractivity contribution in [3.05, 3.63) is 63.2 Å². The maximum atomic E-state index is 12.9. The third kappa shape index (κ3) is 4.99. The van der Waals surface area contributed by atoms with E-state index in [0.717, 1.165) is 22.2 Å². The molecule has 0 heterocycles. The fraction of sp³-hybridized carbons (Fsp3) is 0.278. The molecule has 2 aromatic carbocycles. The molecule has 0 saturated carbocycles. The summed E-state index contributed by atoms with van der Waals surface area (Å²) in [5.74, 6) is -0.643. The smallest absolute Gasteiger partial charge is 0.271 e. The van der Waals surface area contributed by atoms with Crippen LogP contribution in [0.2, 0.25) is 5.02 Å². The van der Waals surface area contributed by atoms with E-state index in [4.69, 9.17) is 11.6 Å². The lowest BCUT2D eigenvalue weighted by atomic mass is 10.1. The second kappa shape index (κ2) is 8.57. The normalized spacial score (nSPS) is 12.3. The van der Waals surface area contributed by atoms with Crippen molar-refractivity contribution in [2.24, 2.45) is 0 Å². The molecule has 10 heteroatoms. The summed E-state index contributed by atoms with van der Waals surface area (Å²) in [6.45, 7) is 3.54. The van der Waals surface area contributed by atoms with Gasteiger partial charge in [-0.05, 0) is 31.5 Å². The number of carbonyl (C=O) groups excluding carboxylic acids is 1. The van der Waals surface area contributed by atoms with Crippen molar-refractivity contribution < 1.29 is 18.1 Å². The molecule has 0 spiro atoms. The molecule has 0 aliphatic heterocycles. The highest BCUT2D eigenvalue weighted by Crippen LogP contribution is 2.28. The Bertz CT molecular complexity index is 993. The first-order chi connectivity index (χ1) is 13.0. The number of halogens is 1. The van der Waals surface area contributed by atoms with Gasteiger partial charge in [0.1, 0.15) is 6.04 Å². The third-order valence-corrected chi connectivity index (χ3v) is 5.55. The van der Waals surface area contributed by atoms with Crippen molar-refractivity contribution in [1.29, 1.82) is 0 Å². The van der Waals surface area contributed by atoms with Crippen molar-refractivity contribution in [3.8, 4) is 0 Å². The van der Waals surface area contributed by atoms with Gasteiger partial charge in [-0.2, -0.15) is 0 Å². The summed E-state index contributed by atoms with van der Waals surface area (Å²) in [5.41, 5.74) is 1.08. The van der Waals surface area contributed by atoms with E-state index in [-0.39, 0.29) is 22.8 Å². The Kier molecular flexibility index (Phi) is 6.63. The number of carbonyl (C=O) groups is 1. The fourth-order valence-electron chi connectivity index (χ4n) is 2.69. The number of hydrogen-bond acceptors (Lipinski definition) is 5. The van der Waals surface area contributed by atoms with Crippen LogP contribution < -0.4 is 9.62 Å². The molecule has 0 saturated heterocycles. The van der Waals surface area contributed by atoms with E-state index in [2.05, 4.69) is 5.32 Å². The van der Waals surface area contributed by atoms with Crippen molar-refractivity contribution >= 4 is 44.6 Å². The first-order valence-corrected chi connectivity index (χ1v) is 10.6. The molecule has 150 valence electrons. The summed E-state index contributed by atoms with van der Waals surface area (Å²) in [4.78, 5) is 23.2. The Morgan fingerprint density at radius 3 is 2.36 bits per heavy atom. The van der Waals surface area contributed by atoms with Gasteiger partial charge >= 0.3 is 0 Å². The van der Waals surface area contributed by atoms with Gasteiger partial charge in [-0.1, -0.05) is 36.2 Å². The highest BCUT2D eigenvalue weighted by atomic mass is 35.5. The molecular formula is C18H20ClN3O5S. The van der Waals surface area contributed by atoms with Crippen LogP contribution in [0.1, 0.15) is 18.9 Å². The van der Waals surface area contributed by atoms with E-state index < -0.39 is 26.9 Å². The van der Waals surface area contributed by atoms with Crippen LogP contribution in [0.4, 0.5) is 17.1 Å². The van der Waals surface area contributed by atoms with Crippen LogP contribution in [0.15, 0.2) is 42.5 Å². The quantitative estimate of drug-likeness (QED) is 0.536. The lowest BCUT2D eigenvalue weighted by molar-refractivity contribution is -0.384. The highest BCUT2D eigenvalue weighted by Gasteiger charge is 2.32. The SMILES string of the molecule is CCC(C(=O)Nc1cc([N+](=O)[O-])ccc1Cl)N(c1ccc(C)cc1)S(C)(=O)=O. The monoisotopic (exact) mass is 425 g/mol. The molecule has 0 aromatic heterocycles. The number of sulfonamides is 1. The number of aryl methyl sites for hydroxylation is 1. The molecular weight excluding hydrogens is 406 g/mol. The number of nitro benzene ring substituents is 1. The van der Waals surface area contributed by atoms with Gasteiger partial charge in [-0.15, -0.1) is 0 Å². The average molecular weight is 426 g/mol. The molecule has 1 N–H and O–H groups in total. The molecule has 2 rings (SSSR count). The van der Waals surface area contributed by atoms with E-state index in [1.165, 1.54) is 12.1 Å². The second-order valence-electron chi connectivity index (χ2n) is 6.23. The predicted molar refractivity (Wildman–Crippen MR) is 109 cm³/mol. The minimum absolute atomic E-state index is 0.0386. The molecule has 0 radical (unpaired) electrons. The Labute approximate surface area is 168 Å². The van der Waals surface area contributed by atoms with Crippen molar-refractivity contribution in [2.75, 3.05) is 15.9 Å². The molecule has 1 amide bonds. The van der Waals surface area contributed by atoms with E-state index in [0.29, 0.717) is 5.69 Å². The summed E-state index contributed by atoms with van der Waals surface area (Å²) in [6.07, 6.45) is 1.20. The minimum atomic E-state index is -3.78. The summed E-state index contributed by atoms with van der Waals surface area (Å²) in [6, 6.07) is 9.30.